The van der Waals surface area contributed by atoms with Crippen molar-refractivity contribution < 1.29 is 0 Å². The third-order valence-electron chi connectivity index (χ3n) is 1.91. The number of hydrogen-bond acceptors (Lipinski definition) is 3. The first kappa shape index (κ1) is 8.14. The van der Waals surface area contributed by atoms with Gasteiger partial charge in [-0.1, -0.05) is 6.07 Å². The van der Waals surface area contributed by atoms with Gasteiger partial charge in [-0.05, 0) is 11.6 Å². The zero-order valence-electron chi connectivity index (χ0n) is 6.78. The Bertz CT molecular complexity index is 481. The van der Waals surface area contributed by atoms with Crippen LogP contribution >= 0.6 is 12.6 Å². The number of aromatic nitrogens is 2. The van der Waals surface area contributed by atoms with Crippen LogP contribution in [0.1, 0.15) is 5.56 Å². The van der Waals surface area contributed by atoms with Gasteiger partial charge in [-0.3, -0.25) is 0 Å². The molecule has 1 heterocycles. The Kier molecular flexibility index (Phi) is 1.95. The van der Waals surface area contributed by atoms with Crippen molar-refractivity contribution in [2.75, 3.05) is 0 Å². The third-order valence-corrected chi connectivity index (χ3v) is 2.28. The lowest BCUT2D eigenvalue weighted by molar-refractivity contribution is 1.26. The molecule has 0 amide bonds. The highest BCUT2D eigenvalue weighted by Gasteiger charge is 2.05. The van der Waals surface area contributed by atoms with Gasteiger partial charge in [0.15, 0.2) is 0 Å². The van der Waals surface area contributed by atoms with Gasteiger partial charge in [-0.25, -0.2) is 4.98 Å². The topological polar surface area (TPSA) is 52.5 Å². The number of imidazole rings is 1. The van der Waals surface area contributed by atoms with E-state index in [1.165, 1.54) is 0 Å². The van der Waals surface area contributed by atoms with Crippen LogP contribution in [0.15, 0.2) is 23.4 Å². The second kappa shape index (κ2) is 3.11. The van der Waals surface area contributed by atoms with Crippen molar-refractivity contribution in [1.82, 2.24) is 9.97 Å². The first-order valence-electron chi connectivity index (χ1n) is 3.84. The highest BCUT2D eigenvalue weighted by molar-refractivity contribution is 7.80. The Morgan fingerprint density at radius 1 is 1.54 bits per heavy atom. The van der Waals surface area contributed by atoms with Gasteiger partial charge in [-0.2, -0.15) is 5.26 Å². The second-order valence-electron chi connectivity index (χ2n) is 2.70. The van der Waals surface area contributed by atoms with Gasteiger partial charge < -0.3 is 4.98 Å². The Balaban J connectivity index is 2.72. The van der Waals surface area contributed by atoms with Crippen molar-refractivity contribution >= 4 is 23.7 Å². The molecule has 4 heteroatoms. The summed E-state index contributed by atoms with van der Waals surface area (Å²) in [5.41, 5.74) is 2.68. The molecule has 0 aliphatic carbocycles. The zero-order valence-corrected chi connectivity index (χ0v) is 7.68. The van der Waals surface area contributed by atoms with Crippen LogP contribution in [0.2, 0.25) is 0 Å². The van der Waals surface area contributed by atoms with Crippen molar-refractivity contribution in [2.24, 2.45) is 0 Å². The number of nitrogens with zero attached hydrogens (tertiary/aromatic N) is 2. The van der Waals surface area contributed by atoms with E-state index in [0.717, 1.165) is 21.5 Å². The van der Waals surface area contributed by atoms with Crippen molar-refractivity contribution in [3.8, 4) is 6.07 Å². The molecule has 0 spiro atoms. The Labute approximate surface area is 80.8 Å². The minimum atomic E-state index is 0.384. The van der Waals surface area contributed by atoms with E-state index < -0.39 is 0 Å². The van der Waals surface area contributed by atoms with E-state index in [1.54, 1.807) is 6.33 Å². The molecule has 1 aromatic carbocycles. The van der Waals surface area contributed by atoms with E-state index in [-0.39, 0.29) is 0 Å². The van der Waals surface area contributed by atoms with E-state index in [0.29, 0.717) is 6.42 Å². The lowest BCUT2D eigenvalue weighted by Gasteiger charge is -1.98. The second-order valence-corrected chi connectivity index (χ2v) is 3.19. The predicted molar refractivity (Wildman–Crippen MR) is 52.7 cm³/mol. The lowest BCUT2D eigenvalue weighted by atomic mass is 10.1. The number of fused-ring (bicyclic) bond motifs is 1. The van der Waals surface area contributed by atoms with E-state index >= 15 is 0 Å². The fraction of sp³-hybridized carbons (Fsp3) is 0.111. The van der Waals surface area contributed by atoms with Gasteiger partial charge in [0.2, 0.25) is 0 Å². The van der Waals surface area contributed by atoms with Gasteiger partial charge in [0, 0.05) is 4.90 Å². The predicted octanol–water partition coefficient (Wildman–Crippen LogP) is 1.92. The standard InChI is InChI=1S/C9H7N3S/c10-4-3-6-1-2-7(13)9-8(6)11-5-12-9/h1-2,5,13H,3H2,(H,11,12). The molecule has 0 bridgehead atoms. The first-order chi connectivity index (χ1) is 6.33. The molecule has 0 aliphatic rings. The molecule has 0 unspecified atom stereocenters. The average molecular weight is 189 g/mol. The number of nitriles is 1. The largest absolute Gasteiger partial charge is 0.344 e. The molecule has 0 radical (unpaired) electrons. The third kappa shape index (κ3) is 1.27. The van der Waals surface area contributed by atoms with Crippen LogP contribution in [-0.2, 0) is 6.42 Å². The van der Waals surface area contributed by atoms with Crippen LogP contribution in [0.4, 0.5) is 0 Å². The number of nitrogens with one attached hydrogen (secondary N) is 1. The summed E-state index contributed by atoms with van der Waals surface area (Å²) in [4.78, 5) is 7.99. The van der Waals surface area contributed by atoms with Crippen LogP contribution < -0.4 is 0 Å². The monoisotopic (exact) mass is 189 g/mol. The van der Waals surface area contributed by atoms with Gasteiger partial charge >= 0.3 is 0 Å². The van der Waals surface area contributed by atoms with Gasteiger partial charge in [-0.15, -0.1) is 12.6 Å². The van der Waals surface area contributed by atoms with Gasteiger partial charge in [0.25, 0.3) is 0 Å². The molecule has 1 N–H and O–H groups in total. The summed E-state index contributed by atoms with van der Waals surface area (Å²) in [5.74, 6) is 0. The Hall–Kier alpha value is -1.47. The molecule has 64 valence electrons. The minimum Gasteiger partial charge on any atom is -0.344 e. The Morgan fingerprint density at radius 3 is 3.15 bits per heavy atom. The summed E-state index contributed by atoms with van der Waals surface area (Å²) >= 11 is 4.28. The Morgan fingerprint density at radius 2 is 2.38 bits per heavy atom. The molecule has 2 rings (SSSR count). The van der Waals surface area contributed by atoms with Crippen molar-refractivity contribution in [3.63, 3.8) is 0 Å². The van der Waals surface area contributed by atoms with Crippen molar-refractivity contribution in [3.05, 3.63) is 24.0 Å². The quantitative estimate of drug-likeness (QED) is 0.673. The molecule has 0 saturated carbocycles. The highest BCUT2D eigenvalue weighted by atomic mass is 32.1. The summed E-state index contributed by atoms with van der Waals surface area (Å²) < 4.78 is 0. The maximum absolute atomic E-state index is 8.58. The van der Waals surface area contributed by atoms with Gasteiger partial charge in [0.1, 0.15) is 0 Å². The van der Waals surface area contributed by atoms with E-state index in [2.05, 4.69) is 28.7 Å². The van der Waals surface area contributed by atoms with Crippen LogP contribution in [0.5, 0.6) is 0 Å². The summed E-state index contributed by atoms with van der Waals surface area (Å²) in [6, 6.07) is 5.86. The molecular weight excluding hydrogens is 182 g/mol. The number of benzene rings is 1. The maximum atomic E-state index is 8.58. The molecule has 2 aromatic rings. The number of H-pyrrole nitrogens is 1. The lowest BCUT2D eigenvalue weighted by Crippen LogP contribution is -1.84. The fourth-order valence-electron chi connectivity index (χ4n) is 1.30. The molecule has 0 atom stereocenters. The molecule has 13 heavy (non-hydrogen) atoms. The van der Waals surface area contributed by atoms with Gasteiger partial charge in [0.05, 0.1) is 29.9 Å². The number of aromatic amines is 1. The smallest absolute Gasteiger partial charge is 0.0936 e. The van der Waals surface area contributed by atoms with Crippen LogP contribution in [-0.4, -0.2) is 9.97 Å². The molecule has 0 aliphatic heterocycles. The summed E-state index contributed by atoms with van der Waals surface area (Å²) in [5, 5.41) is 8.58. The summed E-state index contributed by atoms with van der Waals surface area (Å²) in [7, 11) is 0. The normalized spacial score (nSPS) is 10.2. The van der Waals surface area contributed by atoms with E-state index in [9.17, 15) is 0 Å². The number of thiol groups is 1. The number of rotatable bonds is 1. The van der Waals surface area contributed by atoms with Crippen molar-refractivity contribution in [1.29, 1.82) is 5.26 Å². The average Bonchev–Trinajstić information content (AvgIpc) is 2.59. The summed E-state index contributed by atoms with van der Waals surface area (Å²) in [6.45, 7) is 0. The molecule has 3 nitrogen and oxygen atoms in total. The molecular formula is C9H7N3S. The highest BCUT2D eigenvalue weighted by Crippen LogP contribution is 2.22. The van der Waals surface area contributed by atoms with E-state index in [1.807, 2.05) is 12.1 Å². The van der Waals surface area contributed by atoms with Crippen LogP contribution in [0.25, 0.3) is 11.0 Å². The minimum absolute atomic E-state index is 0.384. The van der Waals surface area contributed by atoms with E-state index in [4.69, 9.17) is 5.26 Å². The molecule has 0 saturated heterocycles. The SMILES string of the molecule is N#CCc1ccc(S)c2[nH]cnc12. The number of hydrogen-bond donors (Lipinski definition) is 2. The molecule has 0 fully saturated rings. The zero-order chi connectivity index (χ0) is 9.26. The fourth-order valence-corrected chi connectivity index (χ4v) is 1.55. The van der Waals surface area contributed by atoms with Crippen LogP contribution in [0.3, 0.4) is 0 Å². The van der Waals surface area contributed by atoms with Crippen LogP contribution in [0, 0.1) is 11.3 Å². The van der Waals surface area contributed by atoms with Crippen molar-refractivity contribution in [2.45, 2.75) is 11.3 Å². The molecule has 1 aromatic heterocycles. The summed E-state index contributed by atoms with van der Waals surface area (Å²) in [6.07, 6.45) is 2.00. The maximum Gasteiger partial charge on any atom is 0.0936 e. The first-order valence-corrected chi connectivity index (χ1v) is 4.28.